The zero-order chi connectivity index (χ0) is 23.9. The molecule has 2 aromatic carbocycles. The summed E-state index contributed by atoms with van der Waals surface area (Å²) >= 11 is 0. The van der Waals surface area contributed by atoms with E-state index < -0.39 is 0 Å². The first-order valence-corrected chi connectivity index (χ1v) is 11.1. The predicted molar refractivity (Wildman–Crippen MR) is 154 cm³/mol. The maximum atomic E-state index is 12.7. The van der Waals surface area contributed by atoms with Crippen LogP contribution in [-0.4, -0.2) is 59.7 Å². The van der Waals surface area contributed by atoms with Gasteiger partial charge in [-0.2, -0.15) is 0 Å². The molecule has 0 saturated carbocycles. The minimum atomic E-state index is -0.199. The number of hydrogen-bond acceptors (Lipinski definition) is 3. The van der Waals surface area contributed by atoms with E-state index in [1.165, 1.54) is 27.3 Å². The molecule has 158 valence electrons. The Kier molecular flexibility index (Phi) is 6.11. The van der Waals surface area contributed by atoms with E-state index in [9.17, 15) is 4.79 Å². The number of pyridine rings is 1. The lowest BCUT2D eigenvalue weighted by molar-refractivity contribution is -0.111. The van der Waals surface area contributed by atoms with Crippen LogP contribution in [0.5, 0.6) is 0 Å². The molecular weight excluding hydrogens is 402 g/mol. The van der Waals surface area contributed by atoms with Crippen LogP contribution in [0.1, 0.15) is 11.4 Å². The number of benzene rings is 2. The Morgan fingerprint density at radius 3 is 2.21 bits per heavy atom. The summed E-state index contributed by atoms with van der Waals surface area (Å²) in [5.41, 5.74) is 9.51. The first-order valence-electron chi connectivity index (χ1n) is 11.1. The first-order chi connectivity index (χ1) is 15.7. The fourth-order valence-electron chi connectivity index (χ4n) is 4.24. The SMILES string of the molecule is Bc1c(B)c(B)c(/C=C/C(=O)Nc2cc3cc(-c4cnc(C)n4C)ccc3cn2)c(B)c1B. The number of carbonyl (C=O) groups is 1. The van der Waals surface area contributed by atoms with Gasteiger partial charge in [-0.3, -0.25) is 4.79 Å². The van der Waals surface area contributed by atoms with Gasteiger partial charge < -0.3 is 9.88 Å². The molecule has 0 atom stereocenters. The monoisotopic (exact) mass is 428 g/mol. The maximum Gasteiger partial charge on any atom is 0.249 e. The molecule has 1 amide bonds. The minimum Gasteiger partial charge on any atom is -0.331 e. The Morgan fingerprint density at radius 2 is 1.58 bits per heavy atom. The number of amides is 1. The second-order valence-electron chi connectivity index (χ2n) is 8.74. The van der Waals surface area contributed by atoms with Gasteiger partial charge in [0, 0.05) is 30.3 Å². The summed E-state index contributed by atoms with van der Waals surface area (Å²) in [6.45, 7) is 1.98. The molecule has 0 radical (unpaired) electrons. The van der Waals surface area contributed by atoms with Crippen LogP contribution in [0, 0.1) is 6.92 Å². The van der Waals surface area contributed by atoms with E-state index >= 15 is 0 Å². The van der Waals surface area contributed by atoms with Gasteiger partial charge in [-0.05, 0) is 30.0 Å². The highest BCUT2D eigenvalue weighted by atomic mass is 16.1. The second kappa shape index (κ2) is 8.85. The van der Waals surface area contributed by atoms with Crippen molar-refractivity contribution >= 4 is 95.1 Å². The molecule has 2 heterocycles. The fraction of sp³-hybridized carbons (Fsp3) is 0.0870. The third-order valence-electron chi connectivity index (χ3n) is 6.95. The van der Waals surface area contributed by atoms with Gasteiger partial charge in [-0.25, -0.2) is 9.97 Å². The maximum absolute atomic E-state index is 12.7. The molecule has 0 aliphatic carbocycles. The van der Waals surface area contributed by atoms with E-state index in [1.807, 2.05) is 38.4 Å². The quantitative estimate of drug-likeness (QED) is 0.266. The van der Waals surface area contributed by atoms with Crippen LogP contribution in [0.25, 0.3) is 28.1 Å². The Labute approximate surface area is 199 Å². The fourth-order valence-corrected chi connectivity index (χ4v) is 4.24. The molecule has 33 heavy (non-hydrogen) atoms. The highest BCUT2D eigenvalue weighted by Gasteiger charge is 2.10. The van der Waals surface area contributed by atoms with Crippen LogP contribution in [0.4, 0.5) is 5.82 Å². The molecule has 0 fully saturated rings. The number of anilines is 1. The van der Waals surface area contributed by atoms with Gasteiger partial charge in [0.05, 0.1) is 11.9 Å². The number of aryl methyl sites for hydroxylation is 1. The van der Waals surface area contributed by atoms with Gasteiger partial charge in [-0.15, -0.1) is 16.4 Å². The number of fused-ring (bicyclic) bond motifs is 1. The average Bonchev–Trinajstić information content (AvgIpc) is 3.14. The molecule has 0 bridgehead atoms. The molecule has 0 spiro atoms. The number of imidazole rings is 1. The van der Waals surface area contributed by atoms with Crippen LogP contribution in [0.15, 0.2) is 42.7 Å². The Hall–Kier alpha value is -3.41. The molecule has 0 saturated heterocycles. The second-order valence-corrected chi connectivity index (χ2v) is 8.74. The average molecular weight is 428 g/mol. The summed E-state index contributed by atoms with van der Waals surface area (Å²) in [4.78, 5) is 21.5. The van der Waals surface area contributed by atoms with Gasteiger partial charge in [0.25, 0.3) is 0 Å². The molecule has 5 nitrogen and oxygen atoms in total. The zero-order valence-electron chi connectivity index (χ0n) is 20.4. The van der Waals surface area contributed by atoms with Gasteiger partial charge >= 0.3 is 0 Å². The van der Waals surface area contributed by atoms with Crippen molar-refractivity contribution < 1.29 is 4.79 Å². The van der Waals surface area contributed by atoms with Crippen LogP contribution in [0.2, 0.25) is 0 Å². The van der Waals surface area contributed by atoms with Crippen LogP contribution >= 0.6 is 0 Å². The predicted octanol–water partition coefficient (Wildman–Crippen LogP) is -4.11. The summed E-state index contributed by atoms with van der Waals surface area (Å²) in [6, 6.07) is 8.12. The molecule has 2 aromatic heterocycles. The van der Waals surface area contributed by atoms with E-state index in [4.69, 9.17) is 0 Å². The van der Waals surface area contributed by atoms with Crippen molar-refractivity contribution in [3.05, 3.63) is 54.1 Å². The summed E-state index contributed by atoms with van der Waals surface area (Å²) in [5, 5.41) is 4.93. The van der Waals surface area contributed by atoms with E-state index in [1.54, 1.807) is 12.3 Å². The van der Waals surface area contributed by atoms with E-state index in [0.29, 0.717) is 5.82 Å². The van der Waals surface area contributed by atoms with Crippen molar-refractivity contribution in [1.82, 2.24) is 14.5 Å². The van der Waals surface area contributed by atoms with Gasteiger partial charge in [0.15, 0.2) is 0 Å². The molecule has 10 heteroatoms. The summed E-state index contributed by atoms with van der Waals surface area (Å²) < 4.78 is 2.06. The Bertz CT molecular complexity index is 1420. The standard InChI is InChI=1S/C23H25B5N4O/c1-11-29-10-16(32(11)2)12-3-4-13-9-30-17(8-14(13)7-12)31-18(33)6-5-15-19(24)21(26)23(28)22(27)20(15)25/h3-10H,24-28H2,1-2H3,(H,30,31,33)/b6-5+. The van der Waals surface area contributed by atoms with Crippen molar-refractivity contribution in [3.8, 4) is 11.3 Å². The summed E-state index contributed by atoms with van der Waals surface area (Å²) in [7, 11) is 12.6. The molecule has 4 aromatic rings. The van der Waals surface area contributed by atoms with Crippen molar-refractivity contribution in [3.63, 3.8) is 0 Å². The normalized spacial score (nSPS) is 11.3. The molecule has 0 aliphatic heterocycles. The number of carbonyl (C=O) groups excluding carboxylic acids is 1. The van der Waals surface area contributed by atoms with Gasteiger partial charge in [0.1, 0.15) is 50.9 Å². The largest absolute Gasteiger partial charge is 0.331 e. The van der Waals surface area contributed by atoms with Crippen LogP contribution in [0.3, 0.4) is 0 Å². The number of rotatable bonds is 4. The van der Waals surface area contributed by atoms with Gasteiger partial charge in [-0.1, -0.05) is 29.1 Å². The molecule has 1 N–H and O–H groups in total. The Balaban J connectivity index is 1.59. The first kappa shape index (κ1) is 22.8. The van der Waals surface area contributed by atoms with Crippen molar-refractivity contribution in [2.24, 2.45) is 7.05 Å². The number of nitrogens with one attached hydrogen (secondary N) is 1. The third-order valence-corrected chi connectivity index (χ3v) is 6.95. The van der Waals surface area contributed by atoms with Crippen molar-refractivity contribution in [2.75, 3.05) is 5.32 Å². The lowest BCUT2D eigenvalue weighted by atomic mass is 9.60. The highest BCUT2D eigenvalue weighted by Crippen LogP contribution is 2.25. The van der Waals surface area contributed by atoms with Crippen LogP contribution < -0.4 is 32.6 Å². The molecule has 0 unspecified atom stereocenters. The van der Waals surface area contributed by atoms with Crippen molar-refractivity contribution in [1.29, 1.82) is 0 Å². The number of aromatic nitrogens is 3. The van der Waals surface area contributed by atoms with Crippen LogP contribution in [-0.2, 0) is 11.8 Å². The lowest BCUT2D eigenvalue weighted by Gasteiger charge is -2.17. The Morgan fingerprint density at radius 1 is 0.909 bits per heavy atom. The molecule has 0 aliphatic rings. The minimum absolute atomic E-state index is 0.199. The summed E-state index contributed by atoms with van der Waals surface area (Å²) in [5.74, 6) is 1.29. The molecular formula is C23H25B5N4O. The van der Waals surface area contributed by atoms with E-state index in [0.717, 1.165) is 33.4 Å². The highest BCUT2D eigenvalue weighted by molar-refractivity contribution is 6.67. The van der Waals surface area contributed by atoms with E-state index in [2.05, 4.69) is 71.2 Å². The third kappa shape index (κ3) is 4.30. The van der Waals surface area contributed by atoms with E-state index in [-0.39, 0.29) is 5.91 Å². The zero-order valence-corrected chi connectivity index (χ0v) is 20.4. The number of hydrogen-bond donors (Lipinski definition) is 1. The smallest absolute Gasteiger partial charge is 0.249 e. The molecule has 4 rings (SSSR count). The number of nitrogens with zero attached hydrogens (tertiary/aromatic N) is 3. The van der Waals surface area contributed by atoms with Crippen molar-refractivity contribution in [2.45, 2.75) is 6.92 Å². The lowest BCUT2D eigenvalue weighted by Crippen LogP contribution is -2.55. The topological polar surface area (TPSA) is 59.8 Å². The van der Waals surface area contributed by atoms with Gasteiger partial charge in [0.2, 0.25) is 5.91 Å². The summed E-state index contributed by atoms with van der Waals surface area (Å²) in [6.07, 6.45) is 7.16.